The Morgan fingerprint density at radius 1 is 0.950 bits per heavy atom. The Labute approximate surface area is 115 Å². The molecule has 0 spiro atoms. The highest BCUT2D eigenvalue weighted by molar-refractivity contribution is 5.82. The standard InChI is InChI=1S/C16H13NO3/c1-9-2-4-12-11(6-9)15(19)8-13(17-12)10-3-5-14(18)16(20)7-10/h2-8,18,20H,1H3,(H,17,19). The van der Waals surface area contributed by atoms with E-state index >= 15 is 0 Å². The fourth-order valence-corrected chi connectivity index (χ4v) is 2.21. The van der Waals surface area contributed by atoms with Crippen LogP contribution in [-0.2, 0) is 0 Å². The molecule has 0 atom stereocenters. The summed E-state index contributed by atoms with van der Waals surface area (Å²) in [5.74, 6) is -0.403. The van der Waals surface area contributed by atoms with Gasteiger partial charge in [0.2, 0.25) is 0 Å². The summed E-state index contributed by atoms with van der Waals surface area (Å²) in [6.45, 7) is 1.94. The number of nitrogens with one attached hydrogen (secondary N) is 1. The lowest BCUT2D eigenvalue weighted by atomic mass is 10.1. The van der Waals surface area contributed by atoms with Crippen molar-refractivity contribution < 1.29 is 10.2 Å². The van der Waals surface area contributed by atoms with Gasteiger partial charge in [0.15, 0.2) is 16.9 Å². The first kappa shape index (κ1) is 12.3. The average molecular weight is 267 g/mol. The lowest BCUT2D eigenvalue weighted by Crippen LogP contribution is -2.03. The molecule has 3 rings (SSSR count). The summed E-state index contributed by atoms with van der Waals surface area (Å²) >= 11 is 0. The summed E-state index contributed by atoms with van der Waals surface area (Å²) in [7, 11) is 0. The number of aromatic amines is 1. The number of phenolic OH excluding ortho intramolecular Hbond substituents is 2. The molecule has 0 bridgehead atoms. The van der Waals surface area contributed by atoms with Gasteiger partial charge in [0.25, 0.3) is 0 Å². The first-order chi connectivity index (χ1) is 9.54. The number of hydrogen-bond acceptors (Lipinski definition) is 3. The Hall–Kier alpha value is -2.75. The summed E-state index contributed by atoms with van der Waals surface area (Å²) in [6, 6.07) is 11.6. The van der Waals surface area contributed by atoms with Crippen molar-refractivity contribution in [3.8, 4) is 22.8 Å². The monoisotopic (exact) mass is 267 g/mol. The quantitative estimate of drug-likeness (QED) is 0.593. The number of rotatable bonds is 1. The summed E-state index contributed by atoms with van der Waals surface area (Å²) in [5, 5.41) is 19.5. The predicted octanol–water partition coefficient (Wildman–Crippen LogP) is 2.91. The van der Waals surface area contributed by atoms with Gasteiger partial charge in [-0.05, 0) is 37.3 Å². The molecule has 2 aromatic carbocycles. The van der Waals surface area contributed by atoms with Crippen LogP contribution >= 0.6 is 0 Å². The van der Waals surface area contributed by atoms with Crippen molar-refractivity contribution in [3.05, 3.63) is 58.3 Å². The molecule has 0 aliphatic heterocycles. The van der Waals surface area contributed by atoms with Crippen LogP contribution in [0.4, 0.5) is 0 Å². The smallest absolute Gasteiger partial charge is 0.190 e. The van der Waals surface area contributed by atoms with E-state index in [1.807, 2.05) is 25.1 Å². The number of aryl methyl sites for hydroxylation is 1. The number of H-pyrrole nitrogens is 1. The normalized spacial score (nSPS) is 10.8. The maximum atomic E-state index is 12.1. The molecular weight excluding hydrogens is 254 g/mol. The second kappa shape index (κ2) is 4.42. The third-order valence-corrected chi connectivity index (χ3v) is 3.27. The minimum absolute atomic E-state index is 0.0787. The minimum Gasteiger partial charge on any atom is -0.504 e. The highest BCUT2D eigenvalue weighted by Crippen LogP contribution is 2.29. The fraction of sp³-hybridized carbons (Fsp3) is 0.0625. The highest BCUT2D eigenvalue weighted by atomic mass is 16.3. The van der Waals surface area contributed by atoms with E-state index in [0.717, 1.165) is 11.1 Å². The predicted molar refractivity (Wildman–Crippen MR) is 78.1 cm³/mol. The van der Waals surface area contributed by atoms with E-state index in [4.69, 9.17) is 0 Å². The van der Waals surface area contributed by atoms with Crippen LogP contribution in [0.25, 0.3) is 22.2 Å². The van der Waals surface area contributed by atoms with Gasteiger partial charge in [-0.25, -0.2) is 0 Å². The van der Waals surface area contributed by atoms with E-state index < -0.39 is 0 Å². The Balaban J connectivity index is 2.24. The zero-order valence-electron chi connectivity index (χ0n) is 10.8. The van der Waals surface area contributed by atoms with Crippen molar-refractivity contribution in [2.75, 3.05) is 0 Å². The minimum atomic E-state index is -0.215. The maximum Gasteiger partial charge on any atom is 0.190 e. The molecule has 1 aromatic heterocycles. The second-order valence-corrected chi connectivity index (χ2v) is 4.80. The lowest BCUT2D eigenvalue weighted by molar-refractivity contribution is 0.404. The van der Waals surface area contributed by atoms with Gasteiger partial charge in [0.1, 0.15) is 0 Å². The summed E-state index contributed by atoms with van der Waals surface area (Å²) in [4.78, 5) is 15.3. The third-order valence-electron chi connectivity index (χ3n) is 3.27. The number of benzene rings is 2. The number of phenols is 2. The SMILES string of the molecule is Cc1ccc2[nH]c(-c3ccc(O)c(O)c3)cc(=O)c2c1. The number of fused-ring (bicyclic) bond motifs is 1. The van der Waals surface area contributed by atoms with Gasteiger partial charge in [-0.2, -0.15) is 0 Å². The van der Waals surface area contributed by atoms with Crippen molar-refractivity contribution in [2.45, 2.75) is 6.92 Å². The fourth-order valence-electron chi connectivity index (χ4n) is 2.21. The van der Waals surface area contributed by atoms with Gasteiger partial charge < -0.3 is 15.2 Å². The first-order valence-electron chi connectivity index (χ1n) is 6.20. The van der Waals surface area contributed by atoms with Gasteiger partial charge in [-0.3, -0.25) is 4.79 Å². The van der Waals surface area contributed by atoms with E-state index in [1.54, 1.807) is 6.07 Å². The molecule has 0 saturated heterocycles. The third kappa shape index (κ3) is 2.01. The molecule has 0 unspecified atom stereocenters. The van der Waals surface area contributed by atoms with E-state index in [-0.39, 0.29) is 16.9 Å². The van der Waals surface area contributed by atoms with Crippen LogP contribution in [0.5, 0.6) is 11.5 Å². The van der Waals surface area contributed by atoms with Crippen molar-refractivity contribution in [2.24, 2.45) is 0 Å². The van der Waals surface area contributed by atoms with Crippen molar-refractivity contribution in [1.82, 2.24) is 4.98 Å². The number of hydrogen-bond donors (Lipinski definition) is 3. The Morgan fingerprint density at radius 3 is 2.50 bits per heavy atom. The van der Waals surface area contributed by atoms with Gasteiger partial charge >= 0.3 is 0 Å². The molecule has 0 radical (unpaired) electrons. The van der Waals surface area contributed by atoms with Gasteiger partial charge in [-0.1, -0.05) is 11.6 Å². The van der Waals surface area contributed by atoms with Crippen LogP contribution in [0.2, 0.25) is 0 Å². The van der Waals surface area contributed by atoms with Crippen LogP contribution in [0.15, 0.2) is 47.3 Å². The Morgan fingerprint density at radius 2 is 1.75 bits per heavy atom. The summed E-state index contributed by atoms with van der Waals surface area (Å²) in [6.07, 6.45) is 0. The van der Waals surface area contributed by atoms with Crippen LogP contribution in [-0.4, -0.2) is 15.2 Å². The molecular formula is C16H13NO3. The molecule has 0 aliphatic rings. The number of aromatic hydroxyl groups is 2. The van der Waals surface area contributed by atoms with E-state index in [9.17, 15) is 15.0 Å². The molecule has 3 N–H and O–H groups in total. The molecule has 1 heterocycles. The maximum absolute atomic E-state index is 12.1. The second-order valence-electron chi connectivity index (χ2n) is 4.80. The van der Waals surface area contributed by atoms with Crippen molar-refractivity contribution >= 4 is 10.9 Å². The lowest BCUT2D eigenvalue weighted by Gasteiger charge is -2.06. The topological polar surface area (TPSA) is 73.3 Å². The van der Waals surface area contributed by atoms with Crippen molar-refractivity contribution in [1.29, 1.82) is 0 Å². The zero-order valence-corrected chi connectivity index (χ0v) is 10.8. The largest absolute Gasteiger partial charge is 0.504 e. The molecule has 4 heteroatoms. The number of pyridine rings is 1. The zero-order chi connectivity index (χ0) is 14.3. The van der Waals surface area contributed by atoms with Crippen LogP contribution in [0.3, 0.4) is 0 Å². The highest BCUT2D eigenvalue weighted by Gasteiger charge is 2.07. The summed E-state index contributed by atoms with van der Waals surface area (Å²) in [5.41, 5.74) is 2.93. The molecule has 0 aliphatic carbocycles. The average Bonchev–Trinajstić information content (AvgIpc) is 2.42. The molecule has 100 valence electrons. The molecule has 4 nitrogen and oxygen atoms in total. The van der Waals surface area contributed by atoms with E-state index in [1.165, 1.54) is 18.2 Å². The summed E-state index contributed by atoms with van der Waals surface area (Å²) < 4.78 is 0. The van der Waals surface area contributed by atoms with Crippen molar-refractivity contribution in [3.63, 3.8) is 0 Å². The Bertz CT molecular complexity index is 865. The Kier molecular flexibility index (Phi) is 2.71. The number of aromatic nitrogens is 1. The molecule has 20 heavy (non-hydrogen) atoms. The van der Waals surface area contributed by atoms with Gasteiger partial charge in [-0.15, -0.1) is 0 Å². The molecule has 0 amide bonds. The van der Waals surface area contributed by atoms with Gasteiger partial charge in [0, 0.05) is 28.2 Å². The molecule has 0 fully saturated rings. The first-order valence-corrected chi connectivity index (χ1v) is 6.20. The van der Waals surface area contributed by atoms with Crippen LogP contribution in [0.1, 0.15) is 5.56 Å². The van der Waals surface area contributed by atoms with Gasteiger partial charge in [0.05, 0.1) is 0 Å². The molecule has 3 aromatic rings. The van der Waals surface area contributed by atoms with Crippen LogP contribution < -0.4 is 5.43 Å². The van der Waals surface area contributed by atoms with E-state index in [2.05, 4.69) is 4.98 Å². The van der Waals surface area contributed by atoms with Crippen LogP contribution in [0, 0.1) is 6.92 Å². The van der Waals surface area contributed by atoms with E-state index in [0.29, 0.717) is 16.6 Å². The molecule has 0 saturated carbocycles.